The standard InChI is InChI=1S/C19H23BrN2O5S/c1-18(17(25)27-5)9-13-15(23)21(3)19(2,28)16(24)22(13)14(18)11-8-10(26-4)6-7-12(11)20/h6-8,13-14,28H,9H2,1-5H3/t13?,14-,18-,19?/m0/s1. The van der Waals surface area contributed by atoms with Crippen molar-refractivity contribution in [3.8, 4) is 5.75 Å². The Morgan fingerprint density at radius 1 is 1.29 bits per heavy atom. The number of benzene rings is 1. The number of likely N-dealkylation sites (N-methyl/N-ethyl adjacent to an activating group) is 1. The van der Waals surface area contributed by atoms with Crippen molar-refractivity contribution in [2.45, 2.75) is 37.2 Å². The predicted molar refractivity (Wildman–Crippen MR) is 109 cm³/mol. The molecule has 2 heterocycles. The Labute approximate surface area is 177 Å². The van der Waals surface area contributed by atoms with E-state index in [1.807, 2.05) is 0 Å². The van der Waals surface area contributed by atoms with Crippen molar-refractivity contribution in [2.75, 3.05) is 21.3 Å². The van der Waals surface area contributed by atoms with Gasteiger partial charge in [0, 0.05) is 11.5 Å². The first kappa shape index (κ1) is 21.0. The first-order chi connectivity index (χ1) is 13.0. The molecule has 7 nitrogen and oxygen atoms in total. The van der Waals surface area contributed by atoms with E-state index in [9.17, 15) is 14.4 Å². The fourth-order valence-electron chi connectivity index (χ4n) is 4.17. The molecule has 0 aromatic heterocycles. The summed E-state index contributed by atoms with van der Waals surface area (Å²) in [6, 6.07) is 3.84. The van der Waals surface area contributed by atoms with Gasteiger partial charge in [0.2, 0.25) is 5.91 Å². The van der Waals surface area contributed by atoms with Gasteiger partial charge in [0.05, 0.1) is 25.7 Å². The van der Waals surface area contributed by atoms with Crippen LogP contribution in [-0.4, -0.2) is 59.8 Å². The molecule has 152 valence electrons. The topological polar surface area (TPSA) is 76.2 Å². The number of methoxy groups -OCH3 is 2. The van der Waals surface area contributed by atoms with E-state index in [-0.39, 0.29) is 18.2 Å². The van der Waals surface area contributed by atoms with Crippen molar-refractivity contribution in [3.63, 3.8) is 0 Å². The van der Waals surface area contributed by atoms with Crippen LogP contribution in [0.1, 0.15) is 31.9 Å². The number of esters is 1. The molecule has 2 aliphatic heterocycles. The summed E-state index contributed by atoms with van der Waals surface area (Å²) in [5.74, 6) is -0.495. The van der Waals surface area contributed by atoms with E-state index in [1.165, 1.54) is 16.9 Å². The van der Waals surface area contributed by atoms with Gasteiger partial charge in [-0.05, 0) is 44.0 Å². The van der Waals surface area contributed by atoms with E-state index >= 15 is 0 Å². The molecule has 2 amide bonds. The van der Waals surface area contributed by atoms with E-state index in [4.69, 9.17) is 9.47 Å². The second-order valence-corrected chi connectivity index (χ2v) is 9.27. The van der Waals surface area contributed by atoms with Crippen LogP contribution >= 0.6 is 28.6 Å². The predicted octanol–water partition coefficient (Wildman–Crippen LogP) is 2.40. The number of rotatable bonds is 3. The van der Waals surface area contributed by atoms with Gasteiger partial charge in [-0.25, -0.2) is 0 Å². The molecule has 9 heteroatoms. The molecule has 0 bridgehead atoms. The Bertz CT molecular complexity index is 861. The van der Waals surface area contributed by atoms with E-state index in [0.29, 0.717) is 15.8 Å². The van der Waals surface area contributed by atoms with Crippen LogP contribution in [0.2, 0.25) is 0 Å². The number of ether oxygens (including phenoxy) is 2. The quantitative estimate of drug-likeness (QED) is 0.542. The maximum absolute atomic E-state index is 13.4. The lowest BCUT2D eigenvalue weighted by Crippen LogP contribution is -2.65. The third kappa shape index (κ3) is 2.82. The lowest BCUT2D eigenvalue weighted by molar-refractivity contribution is -0.162. The SMILES string of the molecule is COC(=O)[C@@]1(C)CC2C(=O)N(C)C(C)(S)C(=O)N2[C@H]1c1cc(OC)ccc1Br. The monoisotopic (exact) mass is 470 g/mol. The number of nitrogens with zero attached hydrogens (tertiary/aromatic N) is 2. The van der Waals surface area contributed by atoms with Gasteiger partial charge in [0.15, 0.2) is 4.87 Å². The molecule has 0 N–H and O–H groups in total. The summed E-state index contributed by atoms with van der Waals surface area (Å²) >= 11 is 7.98. The largest absolute Gasteiger partial charge is 0.497 e. The van der Waals surface area contributed by atoms with Crippen molar-refractivity contribution in [2.24, 2.45) is 5.41 Å². The lowest BCUT2D eigenvalue weighted by atomic mass is 9.78. The first-order valence-electron chi connectivity index (χ1n) is 8.75. The molecule has 28 heavy (non-hydrogen) atoms. The van der Waals surface area contributed by atoms with E-state index in [1.54, 1.807) is 46.2 Å². The van der Waals surface area contributed by atoms with Gasteiger partial charge >= 0.3 is 5.97 Å². The second kappa shape index (κ2) is 6.95. The average molecular weight is 471 g/mol. The third-order valence-electron chi connectivity index (χ3n) is 5.89. The number of piperazine rings is 1. The molecule has 4 atom stereocenters. The van der Waals surface area contributed by atoms with Crippen LogP contribution < -0.4 is 4.74 Å². The number of carbonyl (C=O) groups excluding carboxylic acids is 3. The Hall–Kier alpha value is -1.74. The van der Waals surface area contributed by atoms with Gasteiger partial charge in [0.25, 0.3) is 5.91 Å². The van der Waals surface area contributed by atoms with Gasteiger partial charge in [-0.15, -0.1) is 12.6 Å². The number of hydrogen-bond donors (Lipinski definition) is 1. The van der Waals surface area contributed by atoms with Gasteiger partial charge in [-0.3, -0.25) is 14.4 Å². The molecule has 2 fully saturated rings. The van der Waals surface area contributed by atoms with Crippen LogP contribution in [0.25, 0.3) is 0 Å². The molecular weight excluding hydrogens is 448 g/mol. The van der Waals surface area contributed by atoms with Crippen LogP contribution in [0.15, 0.2) is 22.7 Å². The zero-order valence-electron chi connectivity index (χ0n) is 16.4. The Morgan fingerprint density at radius 2 is 1.93 bits per heavy atom. The van der Waals surface area contributed by atoms with Crippen LogP contribution in [0, 0.1) is 5.41 Å². The summed E-state index contributed by atoms with van der Waals surface area (Å²) in [5.41, 5.74) is -0.445. The normalized spacial score (nSPS) is 32.4. The number of fused-ring (bicyclic) bond motifs is 1. The zero-order chi connectivity index (χ0) is 21.0. The van der Waals surface area contributed by atoms with Crippen molar-refractivity contribution in [1.29, 1.82) is 0 Å². The molecule has 0 aliphatic carbocycles. The fourth-order valence-corrected chi connectivity index (χ4v) is 4.85. The molecular formula is C19H23BrN2O5S. The smallest absolute Gasteiger partial charge is 0.314 e. The molecule has 0 radical (unpaired) electrons. The zero-order valence-corrected chi connectivity index (χ0v) is 18.8. The lowest BCUT2D eigenvalue weighted by Gasteiger charge is -2.47. The first-order valence-corrected chi connectivity index (χ1v) is 9.99. The summed E-state index contributed by atoms with van der Waals surface area (Å²) in [6.45, 7) is 3.31. The van der Waals surface area contributed by atoms with E-state index in [0.717, 1.165) is 0 Å². The molecule has 0 spiro atoms. The Kier molecular flexibility index (Phi) is 5.21. The van der Waals surface area contributed by atoms with Crippen molar-refractivity contribution in [1.82, 2.24) is 9.80 Å². The Morgan fingerprint density at radius 3 is 2.50 bits per heavy atom. The molecule has 1 aromatic rings. The van der Waals surface area contributed by atoms with Gasteiger partial charge < -0.3 is 19.3 Å². The number of carbonyl (C=O) groups is 3. The summed E-state index contributed by atoms with van der Waals surface area (Å²) < 4.78 is 11.1. The maximum Gasteiger partial charge on any atom is 0.314 e. The third-order valence-corrected chi connectivity index (χ3v) is 7.11. The highest BCUT2D eigenvalue weighted by Crippen LogP contribution is 2.55. The van der Waals surface area contributed by atoms with Crippen LogP contribution in [0.4, 0.5) is 0 Å². The number of amides is 2. The summed E-state index contributed by atoms with van der Waals surface area (Å²) in [4.78, 5) is 40.8. The summed E-state index contributed by atoms with van der Waals surface area (Å²) in [5, 5.41) is 0. The Balaban J connectivity index is 2.25. The molecule has 2 unspecified atom stereocenters. The highest BCUT2D eigenvalue weighted by Gasteiger charge is 2.64. The molecule has 1 aromatic carbocycles. The van der Waals surface area contributed by atoms with Gasteiger partial charge in [0.1, 0.15) is 11.8 Å². The van der Waals surface area contributed by atoms with Crippen LogP contribution in [0.5, 0.6) is 5.75 Å². The molecule has 3 rings (SSSR count). The highest BCUT2D eigenvalue weighted by atomic mass is 79.9. The van der Waals surface area contributed by atoms with Gasteiger partial charge in [-0.1, -0.05) is 15.9 Å². The van der Waals surface area contributed by atoms with Crippen molar-refractivity contribution >= 4 is 46.3 Å². The second-order valence-electron chi connectivity index (χ2n) is 7.55. The number of hydrogen-bond acceptors (Lipinski definition) is 6. The minimum Gasteiger partial charge on any atom is -0.497 e. The minimum atomic E-state index is -1.32. The fraction of sp³-hybridized carbons (Fsp3) is 0.526. The van der Waals surface area contributed by atoms with E-state index < -0.39 is 28.3 Å². The average Bonchev–Trinajstić information content (AvgIpc) is 2.99. The van der Waals surface area contributed by atoms with E-state index in [2.05, 4.69) is 28.6 Å². The van der Waals surface area contributed by atoms with Gasteiger partial charge in [-0.2, -0.15) is 0 Å². The minimum absolute atomic E-state index is 0.159. The summed E-state index contributed by atoms with van der Waals surface area (Å²) in [7, 11) is 4.40. The van der Waals surface area contributed by atoms with Crippen molar-refractivity contribution in [3.05, 3.63) is 28.2 Å². The summed E-state index contributed by atoms with van der Waals surface area (Å²) in [6.07, 6.45) is 0.159. The van der Waals surface area contributed by atoms with Crippen LogP contribution in [-0.2, 0) is 19.1 Å². The molecule has 0 saturated carbocycles. The highest BCUT2D eigenvalue weighted by molar-refractivity contribution is 9.10. The van der Waals surface area contributed by atoms with Crippen LogP contribution in [0.3, 0.4) is 0 Å². The maximum atomic E-state index is 13.4. The molecule has 2 aliphatic rings. The number of halogens is 1. The van der Waals surface area contributed by atoms with Crippen molar-refractivity contribution < 1.29 is 23.9 Å². The number of thiol groups is 1. The molecule has 2 saturated heterocycles.